The molecule has 0 aliphatic carbocycles. The van der Waals surface area contributed by atoms with Crippen molar-refractivity contribution in [3.63, 3.8) is 0 Å². The van der Waals surface area contributed by atoms with Gasteiger partial charge in [0.05, 0.1) is 5.56 Å². The van der Waals surface area contributed by atoms with Gasteiger partial charge >= 0.3 is 0 Å². The highest BCUT2D eigenvalue weighted by Crippen LogP contribution is 2.00. The van der Waals surface area contributed by atoms with E-state index in [9.17, 15) is 4.79 Å². The van der Waals surface area contributed by atoms with E-state index in [0.29, 0.717) is 18.7 Å². The molecule has 82 valence electrons. The van der Waals surface area contributed by atoms with Crippen molar-refractivity contribution in [2.24, 2.45) is 5.73 Å². The molecule has 4 heteroatoms. The quantitative estimate of drug-likeness (QED) is 0.704. The van der Waals surface area contributed by atoms with Gasteiger partial charge in [-0.3, -0.25) is 9.78 Å². The van der Waals surface area contributed by atoms with Gasteiger partial charge in [-0.05, 0) is 37.9 Å². The highest BCUT2D eigenvalue weighted by Gasteiger charge is 2.04. The zero-order chi connectivity index (χ0) is 11.1. The van der Waals surface area contributed by atoms with E-state index in [0.717, 1.165) is 18.4 Å². The minimum absolute atomic E-state index is 0.0665. The van der Waals surface area contributed by atoms with Gasteiger partial charge in [-0.2, -0.15) is 0 Å². The maximum Gasteiger partial charge on any atom is 0.252 e. The fraction of sp³-hybridized carbons (Fsp3) is 0.455. The Hall–Kier alpha value is -1.42. The molecule has 1 aromatic heterocycles. The molecule has 1 aromatic rings. The van der Waals surface area contributed by atoms with Crippen molar-refractivity contribution < 1.29 is 4.79 Å². The SMILES string of the molecule is Cc1cncc(C(=O)NCCCCN)c1. The van der Waals surface area contributed by atoms with Crippen LogP contribution in [0.15, 0.2) is 18.5 Å². The van der Waals surface area contributed by atoms with Crippen LogP contribution in [0.1, 0.15) is 28.8 Å². The maximum absolute atomic E-state index is 11.6. The van der Waals surface area contributed by atoms with Crippen LogP contribution in [0.5, 0.6) is 0 Å². The molecular formula is C11H17N3O. The number of hydrogen-bond donors (Lipinski definition) is 2. The van der Waals surface area contributed by atoms with E-state index in [1.165, 1.54) is 0 Å². The molecule has 1 heterocycles. The van der Waals surface area contributed by atoms with Gasteiger partial charge in [-0.1, -0.05) is 0 Å². The van der Waals surface area contributed by atoms with Crippen LogP contribution in [0, 0.1) is 6.92 Å². The number of rotatable bonds is 5. The zero-order valence-corrected chi connectivity index (χ0v) is 8.99. The molecule has 4 nitrogen and oxygen atoms in total. The van der Waals surface area contributed by atoms with Crippen LogP contribution in [0.25, 0.3) is 0 Å². The average Bonchev–Trinajstić information content (AvgIpc) is 2.24. The summed E-state index contributed by atoms with van der Waals surface area (Å²) in [6, 6.07) is 1.82. The lowest BCUT2D eigenvalue weighted by Gasteiger charge is -2.04. The van der Waals surface area contributed by atoms with E-state index in [1.54, 1.807) is 12.4 Å². The third-order valence-corrected chi connectivity index (χ3v) is 2.05. The molecule has 15 heavy (non-hydrogen) atoms. The first-order chi connectivity index (χ1) is 7.24. The van der Waals surface area contributed by atoms with Gasteiger partial charge in [0.2, 0.25) is 0 Å². The molecule has 0 fully saturated rings. The van der Waals surface area contributed by atoms with Crippen LogP contribution in [0.3, 0.4) is 0 Å². The van der Waals surface area contributed by atoms with Gasteiger partial charge in [0.1, 0.15) is 0 Å². The minimum atomic E-state index is -0.0665. The van der Waals surface area contributed by atoms with Gasteiger partial charge in [0.25, 0.3) is 5.91 Å². The minimum Gasteiger partial charge on any atom is -0.352 e. The average molecular weight is 207 g/mol. The van der Waals surface area contributed by atoms with Crippen molar-refractivity contribution in [2.75, 3.05) is 13.1 Å². The van der Waals surface area contributed by atoms with E-state index in [-0.39, 0.29) is 5.91 Å². The number of nitrogens with zero attached hydrogens (tertiary/aromatic N) is 1. The number of unbranched alkanes of at least 4 members (excludes halogenated alkanes) is 1. The van der Waals surface area contributed by atoms with Crippen molar-refractivity contribution in [1.82, 2.24) is 10.3 Å². The molecule has 0 bridgehead atoms. The third-order valence-electron chi connectivity index (χ3n) is 2.05. The molecule has 0 aromatic carbocycles. The highest BCUT2D eigenvalue weighted by atomic mass is 16.1. The molecule has 0 atom stereocenters. The summed E-state index contributed by atoms with van der Waals surface area (Å²) in [7, 11) is 0. The van der Waals surface area contributed by atoms with Crippen LogP contribution in [-0.4, -0.2) is 24.0 Å². The topological polar surface area (TPSA) is 68.0 Å². The van der Waals surface area contributed by atoms with Crippen LogP contribution < -0.4 is 11.1 Å². The Bertz CT molecular complexity index is 325. The normalized spacial score (nSPS) is 10.0. The monoisotopic (exact) mass is 207 g/mol. The predicted molar refractivity (Wildman–Crippen MR) is 59.6 cm³/mol. The second-order valence-corrected chi connectivity index (χ2v) is 3.50. The summed E-state index contributed by atoms with van der Waals surface area (Å²) in [5.41, 5.74) is 6.96. The Balaban J connectivity index is 2.40. The molecule has 0 aliphatic rings. The molecule has 0 unspecified atom stereocenters. The van der Waals surface area contributed by atoms with Gasteiger partial charge < -0.3 is 11.1 Å². The fourth-order valence-corrected chi connectivity index (χ4v) is 1.25. The Morgan fingerprint density at radius 3 is 2.93 bits per heavy atom. The highest BCUT2D eigenvalue weighted by molar-refractivity contribution is 5.93. The summed E-state index contributed by atoms with van der Waals surface area (Å²) in [4.78, 5) is 15.5. The first kappa shape index (κ1) is 11.7. The first-order valence-corrected chi connectivity index (χ1v) is 5.14. The summed E-state index contributed by atoms with van der Waals surface area (Å²) < 4.78 is 0. The molecule has 0 spiro atoms. The second-order valence-electron chi connectivity index (χ2n) is 3.50. The van der Waals surface area contributed by atoms with Gasteiger partial charge in [0, 0.05) is 18.9 Å². The van der Waals surface area contributed by atoms with E-state index in [4.69, 9.17) is 5.73 Å². The molecule has 0 saturated carbocycles. The number of pyridine rings is 1. The van der Waals surface area contributed by atoms with Crippen LogP contribution in [0.2, 0.25) is 0 Å². The lowest BCUT2D eigenvalue weighted by molar-refractivity contribution is 0.0952. The molecule has 0 radical (unpaired) electrons. The largest absolute Gasteiger partial charge is 0.352 e. The van der Waals surface area contributed by atoms with E-state index in [2.05, 4.69) is 10.3 Å². The smallest absolute Gasteiger partial charge is 0.252 e. The Morgan fingerprint density at radius 1 is 1.47 bits per heavy atom. The van der Waals surface area contributed by atoms with Crippen molar-refractivity contribution in [1.29, 1.82) is 0 Å². The number of amides is 1. The zero-order valence-electron chi connectivity index (χ0n) is 8.99. The predicted octanol–water partition coefficient (Wildman–Crippen LogP) is 0.859. The summed E-state index contributed by atoms with van der Waals surface area (Å²) in [6.45, 7) is 3.25. The van der Waals surface area contributed by atoms with Crippen molar-refractivity contribution in [3.8, 4) is 0 Å². The van der Waals surface area contributed by atoms with Gasteiger partial charge in [-0.15, -0.1) is 0 Å². The summed E-state index contributed by atoms with van der Waals surface area (Å²) >= 11 is 0. The summed E-state index contributed by atoms with van der Waals surface area (Å²) in [5, 5.41) is 2.83. The number of carbonyl (C=O) groups excluding carboxylic acids is 1. The number of aromatic nitrogens is 1. The Labute approximate surface area is 89.9 Å². The van der Waals surface area contributed by atoms with Crippen LogP contribution in [0.4, 0.5) is 0 Å². The third kappa shape index (κ3) is 4.08. The molecule has 0 saturated heterocycles. The molecule has 3 N–H and O–H groups in total. The van der Waals surface area contributed by atoms with Crippen molar-refractivity contribution >= 4 is 5.91 Å². The number of nitrogens with two attached hydrogens (primary N) is 1. The molecule has 1 rings (SSSR count). The van der Waals surface area contributed by atoms with Gasteiger partial charge in [0.15, 0.2) is 0 Å². The first-order valence-electron chi connectivity index (χ1n) is 5.14. The Morgan fingerprint density at radius 2 is 2.27 bits per heavy atom. The number of aryl methyl sites for hydroxylation is 1. The fourth-order valence-electron chi connectivity index (χ4n) is 1.25. The van der Waals surface area contributed by atoms with E-state index < -0.39 is 0 Å². The lowest BCUT2D eigenvalue weighted by Crippen LogP contribution is -2.25. The maximum atomic E-state index is 11.6. The number of carbonyl (C=O) groups is 1. The van der Waals surface area contributed by atoms with E-state index >= 15 is 0 Å². The Kier molecular flexibility index (Phi) is 4.77. The second kappa shape index (κ2) is 6.14. The lowest BCUT2D eigenvalue weighted by atomic mass is 10.2. The number of nitrogens with one attached hydrogen (secondary N) is 1. The molecular weight excluding hydrogens is 190 g/mol. The summed E-state index contributed by atoms with van der Waals surface area (Å²) in [6.07, 6.45) is 5.16. The van der Waals surface area contributed by atoms with Gasteiger partial charge in [-0.25, -0.2) is 0 Å². The van der Waals surface area contributed by atoms with Crippen molar-refractivity contribution in [2.45, 2.75) is 19.8 Å². The number of hydrogen-bond acceptors (Lipinski definition) is 3. The molecule has 0 aliphatic heterocycles. The van der Waals surface area contributed by atoms with Crippen LogP contribution >= 0.6 is 0 Å². The van der Waals surface area contributed by atoms with Crippen molar-refractivity contribution in [3.05, 3.63) is 29.6 Å². The summed E-state index contributed by atoms with van der Waals surface area (Å²) in [5.74, 6) is -0.0665. The standard InChI is InChI=1S/C11H17N3O/c1-9-6-10(8-13-7-9)11(15)14-5-3-2-4-12/h6-8H,2-5,12H2,1H3,(H,14,15). The van der Waals surface area contributed by atoms with E-state index in [1.807, 2.05) is 13.0 Å². The molecule has 1 amide bonds. The van der Waals surface area contributed by atoms with Crippen LogP contribution in [-0.2, 0) is 0 Å².